The highest BCUT2D eigenvalue weighted by atomic mass is 19.4. The van der Waals surface area contributed by atoms with Crippen LogP contribution in [0.5, 0.6) is 0 Å². The lowest BCUT2D eigenvalue weighted by Gasteiger charge is -2.38. The predicted octanol–water partition coefficient (Wildman–Crippen LogP) is 4.45. The molecule has 2 aliphatic heterocycles. The van der Waals surface area contributed by atoms with Crippen molar-refractivity contribution in [3.63, 3.8) is 0 Å². The number of aromatic nitrogens is 3. The standard InChI is InChI=1S/C29H29F3N6O2/c1-2-26(39)36-12-10-22-27-23(38(35-22)19-8-6-18(7-9-19)17-4-3-5-17)11-13-37(24(27)16-36)28(40)20-15-34-25(14-21(20)33)29(30,31)32/h2,6-9,14-15,17,24H,1,3-5,10-13,16H2,(H2,33,34). The van der Waals surface area contributed by atoms with E-state index >= 15 is 0 Å². The highest BCUT2D eigenvalue weighted by Gasteiger charge is 2.41. The van der Waals surface area contributed by atoms with Gasteiger partial charge in [-0.25, -0.2) is 4.68 Å². The Morgan fingerprint density at radius 3 is 2.48 bits per heavy atom. The van der Waals surface area contributed by atoms with Crippen molar-refractivity contribution in [3.05, 3.63) is 83.0 Å². The van der Waals surface area contributed by atoms with Gasteiger partial charge in [-0.15, -0.1) is 0 Å². The molecule has 1 saturated carbocycles. The third-order valence-corrected chi connectivity index (χ3v) is 8.33. The van der Waals surface area contributed by atoms with E-state index in [1.54, 1.807) is 9.80 Å². The van der Waals surface area contributed by atoms with Crippen LogP contribution in [0.15, 0.2) is 49.2 Å². The van der Waals surface area contributed by atoms with Crippen molar-refractivity contribution >= 4 is 17.5 Å². The highest BCUT2D eigenvalue weighted by molar-refractivity contribution is 5.99. The van der Waals surface area contributed by atoms with Gasteiger partial charge in [0.25, 0.3) is 5.91 Å². The summed E-state index contributed by atoms with van der Waals surface area (Å²) in [5.41, 5.74) is 9.25. The number of carbonyl (C=O) groups is 2. The minimum atomic E-state index is -4.68. The number of halogens is 3. The first-order valence-corrected chi connectivity index (χ1v) is 13.4. The summed E-state index contributed by atoms with van der Waals surface area (Å²) in [6.45, 7) is 4.48. The van der Waals surface area contributed by atoms with Crippen LogP contribution in [-0.2, 0) is 23.8 Å². The molecule has 0 radical (unpaired) electrons. The molecular weight excluding hydrogens is 521 g/mol. The summed E-state index contributed by atoms with van der Waals surface area (Å²) in [5, 5.41) is 4.95. The molecule has 0 spiro atoms. The topological polar surface area (TPSA) is 97.4 Å². The van der Waals surface area contributed by atoms with Gasteiger partial charge in [0.1, 0.15) is 5.69 Å². The zero-order valence-electron chi connectivity index (χ0n) is 21.8. The normalized spacial score (nSPS) is 19.0. The Bertz CT molecular complexity index is 1490. The number of nitrogens with two attached hydrogens (primary N) is 1. The van der Waals surface area contributed by atoms with Crippen LogP contribution < -0.4 is 5.73 Å². The SMILES string of the molecule is C=CC(=O)N1CCc2nn(-c3ccc(C4CCC4)cc3)c3c2C(C1)N(C(=O)c1cnc(C(F)(F)F)cc1N)CC3. The molecule has 1 aliphatic carbocycles. The van der Waals surface area contributed by atoms with E-state index in [0.29, 0.717) is 31.4 Å². The van der Waals surface area contributed by atoms with Gasteiger partial charge < -0.3 is 15.5 Å². The molecule has 40 heavy (non-hydrogen) atoms. The predicted molar refractivity (Wildman–Crippen MR) is 142 cm³/mol. The van der Waals surface area contributed by atoms with Crippen molar-refractivity contribution in [2.45, 2.75) is 50.2 Å². The molecular formula is C29H29F3N6O2. The molecule has 1 fully saturated rings. The number of amides is 2. The van der Waals surface area contributed by atoms with Crippen molar-refractivity contribution in [1.82, 2.24) is 24.6 Å². The van der Waals surface area contributed by atoms with E-state index in [2.05, 4.69) is 35.8 Å². The quantitative estimate of drug-likeness (QED) is 0.485. The fourth-order valence-corrected chi connectivity index (χ4v) is 5.97. The van der Waals surface area contributed by atoms with Crippen molar-refractivity contribution < 1.29 is 22.8 Å². The second-order valence-electron chi connectivity index (χ2n) is 10.6. The number of alkyl halides is 3. The molecule has 0 bridgehead atoms. The Balaban J connectivity index is 1.38. The molecule has 6 rings (SSSR count). The smallest absolute Gasteiger partial charge is 0.398 e. The average molecular weight is 551 g/mol. The molecule has 1 unspecified atom stereocenters. The zero-order chi connectivity index (χ0) is 28.2. The van der Waals surface area contributed by atoms with Crippen LogP contribution in [0.3, 0.4) is 0 Å². The molecule has 2 N–H and O–H groups in total. The van der Waals surface area contributed by atoms with Crippen LogP contribution in [0.1, 0.15) is 69.8 Å². The lowest BCUT2D eigenvalue weighted by Crippen LogP contribution is -2.46. The molecule has 208 valence electrons. The van der Waals surface area contributed by atoms with E-state index < -0.39 is 23.8 Å². The molecule has 1 atom stereocenters. The zero-order valence-corrected chi connectivity index (χ0v) is 21.8. The molecule has 0 saturated heterocycles. The number of benzene rings is 1. The fraction of sp³-hybridized carbons (Fsp3) is 0.379. The molecule has 3 aliphatic rings. The maximum Gasteiger partial charge on any atom is 0.433 e. The number of nitrogen functional groups attached to an aromatic ring is 1. The maximum atomic E-state index is 13.7. The van der Waals surface area contributed by atoms with Gasteiger partial charge >= 0.3 is 6.18 Å². The van der Waals surface area contributed by atoms with Gasteiger partial charge in [-0.05, 0) is 48.6 Å². The van der Waals surface area contributed by atoms with Crippen molar-refractivity contribution in [2.24, 2.45) is 0 Å². The number of anilines is 1. The highest BCUT2D eigenvalue weighted by Crippen LogP contribution is 2.40. The van der Waals surface area contributed by atoms with Gasteiger partial charge in [0.05, 0.1) is 28.7 Å². The number of nitrogens with zero attached hydrogens (tertiary/aromatic N) is 5. The van der Waals surface area contributed by atoms with Gasteiger partial charge in [0.2, 0.25) is 5.91 Å². The third-order valence-electron chi connectivity index (χ3n) is 8.33. The van der Waals surface area contributed by atoms with Crippen LogP contribution in [0, 0.1) is 0 Å². The Hall–Kier alpha value is -4.15. The second-order valence-corrected chi connectivity index (χ2v) is 10.6. The number of hydrogen-bond donors (Lipinski definition) is 1. The van der Waals surface area contributed by atoms with Gasteiger partial charge in [-0.3, -0.25) is 14.6 Å². The monoisotopic (exact) mass is 550 g/mol. The van der Waals surface area contributed by atoms with Crippen molar-refractivity contribution in [1.29, 1.82) is 0 Å². The van der Waals surface area contributed by atoms with E-state index in [-0.39, 0.29) is 30.2 Å². The Labute approximate surface area is 229 Å². The largest absolute Gasteiger partial charge is 0.433 e. The van der Waals surface area contributed by atoms with E-state index in [1.807, 2.05) is 4.68 Å². The Morgan fingerprint density at radius 2 is 1.85 bits per heavy atom. The number of hydrogen-bond acceptors (Lipinski definition) is 5. The van der Waals surface area contributed by atoms with Gasteiger partial charge in [-0.2, -0.15) is 18.3 Å². The summed E-state index contributed by atoms with van der Waals surface area (Å²) in [6.07, 6.45) is 2.11. The van der Waals surface area contributed by atoms with E-state index in [9.17, 15) is 22.8 Å². The van der Waals surface area contributed by atoms with Gasteiger partial charge in [0.15, 0.2) is 0 Å². The number of carbonyl (C=O) groups excluding carboxylic acids is 2. The second kappa shape index (κ2) is 9.79. The molecule has 8 nitrogen and oxygen atoms in total. The summed E-state index contributed by atoms with van der Waals surface area (Å²) in [6, 6.07) is 8.58. The summed E-state index contributed by atoms with van der Waals surface area (Å²) in [7, 11) is 0. The lowest BCUT2D eigenvalue weighted by atomic mass is 9.80. The molecule has 1 aromatic carbocycles. The van der Waals surface area contributed by atoms with Gasteiger partial charge in [0, 0.05) is 49.9 Å². The minimum absolute atomic E-state index is 0.109. The van der Waals surface area contributed by atoms with E-state index in [0.717, 1.165) is 28.8 Å². The Kier molecular flexibility index (Phi) is 6.39. The maximum absolute atomic E-state index is 13.7. The molecule has 3 aromatic rings. The van der Waals surface area contributed by atoms with Crippen LogP contribution in [0.4, 0.5) is 18.9 Å². The van der Waals surface area contributed by atoms with Crippen LogP contribution in [0.25, 0.3) is 5.69 Å². The molecule has 4 heterocycles. The average Bonchev–Trinajstić information content (AvgIpc) is 3.16. The summed E-state index contributed by atoms with van der Waals surface area (Å²) < 4.78 is 41.4. The third kappa shape index (κ3) is 4.43. The van der Waals surface area contributed by atoms with Crippen molar-refractivity contribution in [2.75, 3.05) is 25.4 Å². The first kappa shape index (κ1) is 26.1. The summed E-state index contributed by atoms with van der Waals surface area (Å²) in [5.74, 6) is -0.183. The van der Waals surface area contributed by atoms with E-state index in [1.165, 1.54) is 30.9 Å². The van der Waals surface area contributed by atoms with E-state index in [4.69, 9.17) is 10.8 Å². The molecule has 2 aromatic heterocycles. The van der Waals surface area contributed by atoms with Crippen LogP contribution in [-0.4, -0.2) is 56.0 Å². The molecule has 2 amide bonds. The minimum Gasteiger partial charge on any atom is -0.398 e. The number of rotatable bonds is 4. The van der Waals surface area contributed by atoms with Crippen molar-refractivity contribution in [3.8, 4) is 5.69 Å². The molecule has 11 heteroatoms. The first-order chi connectivity index (χ1) is 19.2. The lowest BCUT2D eigenvalue weighted by molar-refractivity contribution is -0.141. The Morgan fingerprint density at radius 1 is 1.10 bits per heavy atom. The van der Waals surface area contributed by atoms with Crippen LogP contribution >= 0.6 is 0 Å². The first-order valence-electron chi connectivity index (χ1n) is 13.4. The fourth-order valence-electron chi connectivity index (χ4n) is 5.97. The van der Waals surface area contributed by atoms with Gasteiger partial charge in [-0.1, -0.05) is 25.1 Å². The summed E-state index contributed by atoms with van der Waals surface area (Å²) in [4.78, 5) is 33.0. The number of pyridine rings is 1. The summed E-state index contributed by atoms with van der Waals surface area (Å²) >= 11 is 0. The van der Waals surface area contributed by atoms with Crippen LogP contribution in [0.2, 0.25) is 0 Å².